The molecule has 1 aromatic heterocycles. The molecule has 1 rings (SSSR count). The summed E-state index contributed by atoms with van der Waals surface area (Å²) in [5.41, 5.74) is 0.698. The van der Waals surface area contributed by atoms with Crippen molar-refractivity contribution in [1.82, 2.24) is 9.78 Å². The van der Waals surface area contributed by atoms with Gasteiger partial charge in [0.15, 0.2) is 5.69 Å². The molecule has 0 aliphatic heterocycles. The molecule has 0 bridgehead atoms. The maximum atomic E-state index is 11.2. The Balaban J connectivity index is 2.88. The molecule has 0 atom stereocenters. The molecule has 0 fully saturated rings. The topological polar surface area (TPSA) is 85.0 Å². The van der Waals surface area contributed by atoms with Crippen LogP contribution in [0.25, 0.3) is 0 Å². The molecular formula is C14H22BrN3O3S. The number of nitrogens with zero attached hydrogens (tertiary/aromatic N) is 3. The quantitative estimate of drug-likeness (QED) is 0.678. The van der Waals surface area contributed by atoms with E-state index >= 15 is 0 Å². The molecule has 0 amide bonds. The van der Waals surface area contributed by atoms with Crippen LogP contribution in [0.5, 0.6) is 0 Å². The molecule has 0 aliphatic carbocycles. The van der Waals surface area contributed by atoms with Gasteiger partial charge in [-0.05, 0) is 36.2 Å². The van der Waals surface area contributed by atoms with Crippen LogP contribution < -0.4 is 0 Å². The predicted molar refractivity (Wildman–Crippen MR) is 88.4 cm³/mol. The lowest BCUT2D eigenvalue weighted by Crippen LogP contribution is -2.31. The molecule has 0 N–H and O–H groups in total. The summed E-state index contributed by atoms with van der Waals surface area (Å²) in [6.07, 6.45) is 2.63. The van der Waals surface area contributed by atoms with Crippen LogP contribution in [0.2, 0.25) is 0 Å². The summed E-state index contributed by atoms with van der Waals surface area (Å²) in [5, 5.41) is 13.4. The van der Waals surface area contributed by atoms with Gasteiger partial charge in [0.25, 0.3) is 0 Å². The Morgan fingerprint density at radius 1 is 1.45 bits per heavy atom. The number of nitriles is 1. The number of hydrogen-bond acceptors (Lipinski definition) is 5. The predicted octanol–water partition coefficient (Wildman–Crippen LogP) is 2.31. The Hall–Kier alpha value is -0.910. The average Bonchev–Trinajstić information content (AvgIpc) is 2.65. The zero-order chi connectivity index (χ0) is 17.0. The van der Waals surface area contributed by atoms with Crippen molar-refractivity contribution >= 4 is 25.8 Å². The first-order valence-electron chi connectivity index (χ1n) is 7.06. The molecule has 1 aromatic rings. The highest BCUT2D eigenvalue weighted by Gasteiger charge is 2.25. The van der Waals surface area contributed by atoms with Crippen LogP contribution in [0.15, 0.2) is 4.47 Å². The van der Waals surface area contributed by atoms with Gasteiger partial charge in [-0.3, -0.25) is 4.68 Å². The zero-order valence-electron chi connectivity index (χ0n) is 13.4. The van der Waals surface area contributed by atoms with E-state index in [1.165, 1.54) is 6.26 Å². The molecular weight excluding hydrogens is 370 g/mol. The summed E-state index contributed by atoms with van der Waals surface area (Å²) in [7, 11) is -3.04. The summed E-state index contributed by atoms with van der Waals surface area (Å²) in [6, 6.07) is 2.06. The smallest absolute Gasteiger partial charge is 0.176 e. The first kappa shape index (κ1) is 19.1. The lowest BCUT2D eigenvalue weighted by Gasteiger charge is -2.26. The van der Waals surface area contributed by atoms with E-state index in [9.17, 15) is 8.42 Å². The SMILES string of the molecule is CCCn1nc(C#N)c(Br)c1CC(C)(C)OCCS(C)(=O)=O. The summed E-state index contributed by atoms with van der Waals surface area (Å²) in [5.74, 6) is -0.00470. The summed E-state index contributed by atoms with van der Waals surface area (Å²) in [6.45, 7) is 6.71. The van der Waals surface area contributed by atoms with E-state index in [1.54, 1.807) is 0 Å². The van der Waals surface area contributed by atoms with E-state index in [2.05, 4.69) is 27.1 Å². The van der Waals surface area contributed by atoms with Gasteiger partial charge in [-0.1, -0.05) is 6.92 Å². The molecule has 0 unspecified atom stereocenters. The van der Waals surface area contributed by atoms with Crippen LogP contribution in [-0.2, 0) is 27.5 Å². The lowest BCUT2D eigenvalue weighted by atomic mass is 10.0. The van der Waals surface area contributed by atoms with Crippen molar-refractivity contribution in [2.45, 2.75) is 45.8 Å². The Morgan fingerprint density at radius 3 is 2.59 bits per heavy atom. The molecule has 0 saturated carbocycles. The molecule has 0 aliphatic rings. The molecule has 0 saturated heterocycles. The molecule has 22 heavy (non-hydrogen) atoms. The molecule has 0 spiro atoms. The van der Waals surface area contributed by atoms with Crippen LogP contribution in [0.1, 0.15) is 38.6 Å². The second-order valence-corrected chi connectivity index (χ2v) is 8.91. The normalized spacial score (nSPS) is 12.4. The Morgan fingerprint density at radius 2 is 2.09 bits per heavy atom. The zero-order valence-corrected chi connectivity index (χ0v) is 15.8. The minimum absolute atomic E-state index is 0.00470. The van der Waals surface area contributed by atoms with Gasteiger partial charge in [-0.25, -0.2) is 8.42 Å². The van der Waals surface area contributed by atoms with E-state index in [-0.39, 0.29) is 12.4 Å². The second-order valence-electron chi connectivity index (χ2n) is 5.86. The molecule has 0 radical (unpaired) electrons. The van der Waals surface area contributed by atoms with Crippen LogP contribution in [-0.4, -0.2) is 42.4 Å². The number of halogens is 1. The number of sulfone groups is 1. The van der Waals surface area contributed by atoms with Crippen LogP contribution in [0, 0.1) is 11.3 Å². The average molecular weight is 392 g/mol. The van der Waals surface area contributed by atoms with Gasteiger partial charge in [0.1, 0.15) is 15.9 Å². The van der Waals surface area contributed by atoms with E-state index in [0.29, 0.717) is 16.6 Å². The maximum absolute atomic E-state index is 11.2. The highest BCUT2D eigenvalue weighted by Crippen LogP contribution is 2.27. The molecule has 1 heterocycles. The minimum atomic E-state index is -3.04. The highest BCUT2D eigenvalue weighted by molar-refractivity contribution is 9.10. The Bertz CT molecular complexity index is 660. The van der Waals surface area contributed by atoms with E-state index < -0.39 is 15.4 Å². The summed E-state index contributed by atoms with van der Waals surface area (Å²) in [4.78, 5) is 0. The third-order valence-electron chi connectivity index (χ3n) is 3.07. The number of ether oxygens (including phenoxy) is 1. The fourth-order valence-electron chi connectivity index (χ4n) is 2.04. The second kappa shape index (κ2) is 7.57. The van der Waals surface area contributed by atoms with Gasteiger partial charge in [0.05, 0.1) is 28.1 Å². The van der Waals surface area contributed by atoms with E-state index in [0.717, 1.165) is 18.7 Å². The van der Waals surface area contributed by atoms with Crippen molar-refractivity contribution in [3.63, 3.8) is 0 Å². The Labute approximate surface area is 140 Å². The third kappa shape index (κ3) is 5.71. The largest absolute Gasteiger partial charge is 0.374 e. The van der Waals surface area contributed by atoms with Gasteiger partial charge < -0.3 is 4.74 Å². The van der Waals surface area contributed by atoms with Crippen molar-refractivity contribution in [2.24, 2.45) is 0 Å². The van der Waals surface area contributed by atoms with Gasteiger partial charge >= 0.3 is 0 Å². The van der Waals surface area contributed by atoms with E-state index in [4.69, 9.17) is 10.00 Å². The fourth-order valence-corrected chi connectivity index (χ4v) is 2.93. The fraction of sp³-hybridized carbons (Fsp3) is 0.714. The monoisotopic (exact) mass is 391 g/mol. The van der Waals surface area contributed by atoms with E-state index in [1.807, 2.05) is 25.5 Å². The first-order chi connectivity index (χ1) is 10.1. The third-order valence-corrected chi connectivity index (χ3v) is 4.82. The highest BCUT2D eigenvalue weighted by atomic mass is 79.9. The maximum Gasteiger partial charge on any atom is 0.176 e. The Kier molecular flexibility index (Phi) is 6.59. The molecule has 0 aromatic carbocycles. The number of aromatic nitrogens is 2. The molecule has 6 nitrogen and oxygen atoms in total. The summed E-state index contributed by atoms with van der Waals surface area (Å²) >= 11 is 3.43. The van der Waals surface area contributed by atoms with Crippen molar-refractivity contribution in [1.29, 1.82) is 5.26 Å². The van der Waals surface area contributed by atoms with Gasteiger partial charge in [-0.15, -0.1) is 0 Å². The molecule has 8 heteroatoms. The van der Waals surface area contributed by atoms with Crippen LogP contribution in [0.3, 0.4) is 0 Å². The molecule has 124 valence electrons. The van der Waals surface area contributed by atoms with Crippen LogP contribution in [0.4, 0.5) is 0 Å². The van der Waals surface area contributed by atoms with Gasteiger partial charge in [-0.2, -0.15) is 10.4 Å². The van der Waals surface area contributed by atoms with Crippen molar-refractivity contribution in [3.05, 3.63) is 15.9 Å². The van der Waals surface area contributed by atoms with Crippen molar-refractivity contribution < 1.29 is 13.2 Å². The minimum Gasteiger partial charge on any atom is -0.374 e. The summed E-state index contributed by atoms with van der Waals surface area (Å²) < 4.78 is 30.6. The van der Waals surface area contributed by atoms with Crippen LogP contribution >= 0.6 is 15.9 Å². The standard InChI is InChI=1S/C14H22BrN3O3S/c1-5-6-18-12(13(15)11(10-16)17-18)9-14(2,3)21-7-8-22(4,19)20/h5-9H2,1-4H3. The number of hydrogen-bond donors (Lipinski definition) is 0. The van der Waals surface area contributed by atoms with Crippen molar-refractivity contribution in [2.75, 3.05) is 18.6 Å². The number of aryl methyl sites for hydroxylation is 1. The van der Waals surface area contributed by atoms with Gasteiger partial charge in [0.2, 0.25) is 0 Å². The number of rotatable bonds is 8. The van der Waals surface area contributed by atoms with Crippen molar-refractivity contribution in [3.8, 4) is 6.07 Å². The lowest BCUT2D eigenvalue weighted by molar-refractivity contribution is -0.00973. The first-order valence-corrected chi connectivity index (χ1v) is 9.92. The van der Waals surface area contributed by atoms with Gasteiger partial charge in [0, 0.05) is 19.2 Å².